The zero-order valence-electron chi connectivity index (χ0n) is 14.5. The lowest BCUT2D eigenvalue weighted by molar-refractivity contribution is -0.121. The van der Waals surface area contributed by atoms with E-state index < -0.39 is 0 Å². The second-order valence-corrected chi connectivity index (χ2v) is 6.98. The number of pyridine rings is 1. The lowest BCUT2D eigenvalue weighted by Crippen LogP contribution is -2.47. The Morgan fingerprint density at radius 1 is 1.40 bits per heavy atom. The molecule has 2 aromatic heterocycles. The number of aromatic nitrogens is 2. The van der Waals surface area contributed by atoms with E-state index in [1.807, 2.05) is 23.6 Å². The maximum absolute atomic E-state index is 12.4. The molecule has 25 heavy (non-hydrogen) atoms. The predicted molar refractivity (Wildman–Crippen MR) is 98.5 cm³/mol. The predicted octanol–water partition coefficient (Wildman–Crippen LogP) is 1.97. The van der Waals surface area contributed by atoms with Crippen molar-refractivity contribution in [3.8, 4) is 10.7 Å². The van der Waals surface area contributed by atoms with Gasteiger partial charge in [0.05, 0.1) is 31.0 Å². The van der Waals surface area contributed by atoms with Crippen LogP contribution in [0, 0.1) is 0 Å². The fraction of sp³-hybridized carbons (Fsp3) is 0.500. The highest BCUT2D eigenvalue weighted by atomic mass is 32.1. The van der Waals surface area contributed by atoms with Crippen LogP contribution in [0.15, 0.2) is 29.8 Å². The van der Waals surface area contributed by atoms with Crippen LogP contribution >= 0.6 is 11.3 Å². The molecule has 7 heteroatoms. The summed E-state index contributed by atoms with van der Waals surface area (Å²) in [5.74, 6) is 0.0259. The average Bonchev–Trinajstić information content (AvgIpc) is 3.11. The van der Waals surface area contributed by atoms with Crippen LogP contribution in [-0.2, 0) is 16.0 Å². The van der Waals surface area contributed by atoms with E-state index in [1.165, 1.54) is 11.3 Å². The van der Waals surface area contributed by atoms with Crippen molar-refractivity contribution in [3.63, 3.8) is 0 Å². The van der Waals surface area contributed by atoms with Crippen molar-refractivity contribution < 1.29 is 9.53 Å². The number of ether oxygens (including phenoxy) is 1. The van der Waals surface area contributed by atoms with Gasteiger partial charge in [-0.2, -0.15) is 0 Å². The molecule has 1 amide bonds. The van der Waals surface area contributed by atoms with Crippen LogP contribution in [0.4, 0.5) is 0 Å². The van der Waals surface area contributed by atoms with Gasteiger partial charge >= 0.3 is 0 Å². The van der Waals surface area contributed by atoms with E-state index in [-0.39, 0.29) is 11.9 Å². The largest absolute Gasteiger partial charge is 0.379 e. The molecule has 134 valence electrons. The van der Waals surface area contributed by atoms with Gasteiger partial charge in [0.15, 0.2) is 0 Å². The molecule has 2 aromatic rings. The Balaban J connectivity index is 1.52. The smallest absolute Gasteiger partial charge is 0.226 e. The molecule has 0 saturated carbocycles. The first-order chi connectivity index (χ1) is 12.2. The fourth-order valence-electron chi connectivity index (χ4n) is 2.81. The number of hydrogen-bond donors (Lipinski definition) is 1. The van der Waals surface area contributed by atoms with E-state index in [0.29, 0.717) is 6.42 Å². The molecule has 1 atom stereocenters. The molecule has 1 unspecified atom stereocenters. The molecule has 1 fully saturated rings. The molecule has 0 bridgehead atoms. The highest BCUT2D eigenvalue weighted by molar-refractivity contribution is 7.13. The average molecular weight is 360 g/mol. The van der Waals surface area contributed by atoms with Gasteiger partial charge in [0.2, 0.25) is 5.91 Å². The lowest BCUT2D eigenvalue weighted by Gasteiger charge is -2.30. The molecule has 3 rings (SSSR count). The molecule has 0 aromatic carbocycles. The Labute approximate surface area is 152 Å². The summed E-state index contributed by atoms with van der Waals surface area (Å²) in [6.07, 6.45) is 2.98. The van der Waals surface area contributed by atoms with Crippen molar-refractivity contribution in [2.45, 2.75) is 25.8 Å². The minimum Gasteiger partial charge on any atom is -0.379 e. The van der Waals surface area contributed by atoms with Gasteiger partial charge in [-0.15, -0.1) is 11.3 Å². The molecule has 0 radical (unpaired) electrons. The Morgan fingerprint density at radius 3 is 2.96 bits per heavy atom. The van der Waals surface area contributed by atoms with Gasteiger partial charge < -0.3 is 10.1 Å². The van der Waals surface area contributed by atoms with Gasteiger partial charge in [-0.3, -0.25) is 14.7 Å². The lowest BCUT2D eigenvalue weighted by atomic mass is 10.2. The van der Waals surface area contributed by atoms with E-state index in [9.17, 15) is 4.79 Å². The summed E-state index contributed by atoms with van der Waals surface area (Å²) in [7, 11) is 0. The van der Waals surface area contributed by atoms with Crippen LogP contribution in [0.25, 0.3) is 10.7 Å². The van der Waals surface area contributed by atoms with Crippen LogP contribution in [0.2, 0.25) is 0 Å². The van der Waals surface area contributed by atoms with Crippen LogP contribution in [0.1, 0.15) is 19.0 Å². The molecule has 1 aliphatic heterocycles. The Morgan fingerprint density at radius 2 is 2.24 bits per heavy atom. The maximum Gasteiger partial charge on any atom is 0.226 e. The highest BCUT2D eigenvalue weighted by Crippen LogP contribution is 2.21. The maximum atomic E-state index is 12.4. The summed E-state index contributed by atoms with van der Waals surface area (Å²) in [5.41, 5.74) is 1.64. The number of carbonyl (C=O) groups excluding carboxylic acids is 1. The first-order valence-electron chi connectivity index (χ1n) is 8.70. The van der Waals surface area contributed by atoms with Crippen molar-refractivity contribution in [3.05, 3.63) is 35.5 Å². The molecule has 6 nitrogen and oxygen atoms in total. The third-order valence-electron chi connectivity index (χ3n) is 4.22. The number of carbonyl (C=O) groups is 1. The van der Waals surface area contributed by atoms with Gasteiger partial charge in [0.25, 0.3) is 0 Å². The van der Waals surface area contributed by atoms with Gasteiger partial charge in [-0.05, 0) is 18.6 Å². The minimum absolute atomic E-state index is 0.0259. The number of nitrogens with zero attached hydrogens (tertiary/aromatic N) is 3. The monoisotopic (exact) mass is 360 g/mol. The minimum atomic E-state index is 0.0259. The number of amides is 1. The standard InChI is InChI=1S/C18H24N4O2S/c1-2-14(12-22-7-9-24-10-8-22)20-17(23)11-15-13-25-18(21-15)16-5-3-4-6-19-16/h3-6,13-14H,2,7-12H2,1H3,(H,20,23). The van der Waals surface area contributed by atoms with E-state index in [4.69, 9.17) is 4.74 Å². The molecular weight excluding hydrogens is 336 g/mol. The molecule has 3 heterocycles. The SMILES string of the molecule is CCC(CN1CCOCC1)NC(=O)Cc1csc(-c2ccccn2)n1. The molecular formula is C18H24N4O2S. The van der Waals surface area contributed by atoms with Crippen LogP contribution in [0.5, 0.6) is 0 Å². The Hall–Kier alpha value is -1.83. The second kappa shape index (κ2) is 9.03. The summed E-state index contributed by atoms with van der Waals surface area (Å²) in [6.45, 7) is 6.41. The summed E-state index contributed by atoms with van der Waals surface area (Å²) >= 11 is 1.52. The Bertz CT molecular complexity index is 671. The molecule has 0 spiro atoms. The van der Waals surface area contributed by atoms with E-state index in [1.54, 1.807) is 6.20 Å². The zero-order chi connectivity index (χ0) is 17.5. The van der Waals surface area contributed by atoms with Crippen molar-refractivity contribution in [1.29, 1.82) is 0 Å². The van der Waals surface area contributed by atoms with Crippen LogP contribution in [0.3, 0.4) is 0 Å². The van der Waals surface area contributed by atoms with Gasteiger partial charge in [-0.1, -0.05) is 13.0 Å². The number of rotatable bonds is 7. The fourth-order valence-corrected chi connectivity index (χ4v) is 3.61. The van der Waals surface area contributed by atoms with Crippen molar-refractivity contribution in [2.24, 2.45) is 0 Å². The van der Waals surface area contributed by atoms with Crippen molar-refractivity contribution in [2.75, 3.05) is 32.8 Å². The molecule has 1 saturated heterocycles. The molecule has 1 N–H and O–H groups in total. The number of morpholine rings is 1. The number of thiazole rings is 1. The van der Waals surface area contributed by atoms with Crippen molar-refractivity contribution in [1.82, 2.24) is 20.2 Å². The third kappa shape index (κ3) is 5.32. The third-order valence-corrected chi connectivity index (χ3v) is 5.13. The quantitative estimate of drug-likeness (QED) is 0.818. The van der Waals surface area contributed by atoms with Crippen LogP contribution in [-0.4, -0.2) is 59.7 Å². The van der Waals surface area contributed by atoms with Gasteiger partial charge in [0, 0.05) is 37.3 Å². The summed E-state index contributed by atoms with van der Waals surface area (Å²) in [4.78, 5) is 23.5. The van der Waals surface area contributed by atoms with E-state index in [0.717, 1.165) is 55.7 Å². The van der Waals surface area contributed by atoms with E-state index >= 15 is 0 Å². The zero-order valence-corrected chi connectivity index (χ0v) is 15.3. The normalized spacial score (nSPS) is 16.5. The van der Waals surface area contributed by atoms with Gasteiger partial charge in [-0.25, -0.2) is 4.98 Å². The van der Waals surface area contributed by atoms with Gasteiger partial charge in [0.1, 0.15) is 5.01 Å². The van der Waals surface area contributed by atoms with Crippen LogP contribution < -0.4 is 5.32 Å². The topological polar surface area (TPSA) is 67.3 Å². The van der Waals surface area contributed by atoms with E-state index in [2.05, 4.69) is 27.1 Å². The Kier molecular flexibility index (Phi) is 6.49. The molecule has 0 aliphatic carbocycles. The van der Waals surface area contributed by atoms with Crippen molar-refractivity contribution >= 4 is 17.2 Å². The first-order valence-corrected chi connectivity index (χ1v) is 9.58. The summed E-state index contributed by atoms with van der Waals surface area (Å²) < 4.78 is 5.37. The molecule has 1 aliphatic rings. The second-order valence-electron chi connectivity index (χ2n) is 6.12. The number of nitrogens with one attached hydrogen (secondary N) is 1. The highest BCUT2D eigenvalue weighted by Gasteiger charge is 2.18. The first kappa shape index (κ1) is 18.0. The summed E-state index contributed by atoms with van der Waals surface area (Å²) in [6, 6.07) is 5.91. The number of hydrogen-bond acceptors (Lipinski definition) is 6. The summed E-state index contributed by atoms with van der Waals surface area (Å²) in [5, 5.41) is 5.93.